The molecule has 0 aliphatic carbocycles. The Kier molecular flexibility index (Phi) is 48.5. The average molecular weight is 1040 g/mol. The minimum absolute atomic E-state index is 0. The molecule has 1 aliphatic heterocycles. The molecule has 0 saturated heterocycles. The summed E-state index contributed by atoms with van der Waals surface area (Å²) in [4.78, 5) is 0. The van der Waals surface area contributed by atoms with E-state index < -0.39 is 0 Å². The zero-order valence-electron chi connectivity index (χ0n) is 49.5. The summed E-state index contributed by atoms with van der Waals surface area (Å²) in [6, 6.07) is 14.4. The van der Waals surface area contributed by atoms with Crippen LogP contribution in [-0.4, -0.2) is 4.70 Å². The fourth-order valence-corrected chi connectivity index (χ4v) is 10.4. The van der Waals surface area contributed by atoms with Crippen molar-refractivity contribution < 1.29 is 21.2 Å². The number of unbranched alkanes of at least 4 members (excludes halogenated alkanes) is 31. The summed E-state index contributed by atoms with van der Waals surface area (Å²) in [5, 5.41) is 0. The molecule has 0 fully saturated rings. The van der Waals surface area contributed by atoms with E-state index in [4.69, 9.17) is 0 Å². The number of rotatable bonds is 43. The maximum atomic E-state index is 12.2. The topological polar surface area (TPSA) is 25.3 Å². The Hall–Kier alpha value is -1.99. The van der Waals surface area contributed by atoms with Crippen molar-refractivity contribution >= 4 is 11.4 Å². The van der Waals surface area contributed by atoms with Gasteiger partial charge >= 0.3 is 16.5 Å². The van der Waals surface area contributed by atoms with E-state index >= 15 is 0 Å². The van der Waals surface area contributed by atoms with Crippen LogP contribution in [0.1, 0.15) is 339 Å². The Morgan fingerprint density at radius 3 is 0.889 bits per heavy atom. The largest absolute Gasteiger partial charge is 2.00 e. The monoisotopic (exact) mass is 1030 g/mol. The molecule has 0 N–H and O–H groups in total. The van der Waals surface area contributed by atoms with Gasteiger partial charge in [0, 0.05) is 22.3 Å². The molecule has 2 aromatic rings. The number of allylic oxidation sites excluding steroid dienone is 2. The molecule has 3 rings (SSSR count). The van der Waals surface area contributed by atoms with Gasteiger partial charge in [-0.05, 0) is 118 Å². The summed E-state index contributed by atoms with van der Waals surface area (Å²) in [5.41, 5.74) is 24.9. The van der Waals surface area contributed by atoms with Gasteiger partial charge in [0.15, 0.2) is 0 Å². The van der Waals surface area contributed by atoms with Gasteiger partial charge in [0.2, 0.25) is 11.4 Å². The predicted molar refractivity (Wildman–Crippen MR) is 321 cm³/mol. The molecular formula is C69H120N2Ni. The Morgan fingerprint density at radius 1 is 0.319 bits per heavy atom. The molecule has 0 bridgehead atoms. The van der Waals surface area contributed by atoms with Crippen molar-refractivity contribution in [3.05, 3.63) is 100 Å². The second-order valence-electron chi connectivity index (χ2n) is 21.9. The Morgan fingerprint density at radius 2 is 0.569 bits per heavy atom. The van der Waals surface area contributed by atoms with Gasteiger partial charge < -0.3 is 19.4 Å². The molecule has 0 amide bonds. The molecule has 0 atom stereocenters. The normalized spacial score (nSPS) is 12.3. The van der Waals surface area contributed by atoms with Crippen LogP contribution in [0, 0.1) is 13.8 Å². The van der Waals surface area contributed by atoms with Gasteiger partial charge in [-0.2, -0.15) is 12.8 Å². The Bertz CT molecular complexity index is 1580. The van der Waals surface area contributed by atoms with Crippen LogP contribution < -0.4 is 0 Å². The smallest absolute Gasteiger partial charge is 0.493 e. The van der Waals surface area contributed by atoms with Gasteiger partial charge in [-0.1, -0.05) is 260 Å². The first kappa shape index (κ1) is 70.0. The van der Waals surface area contributed by atoms with Gasteiger partial charge in [-0.15, -0.1) is 0 Å². The SMILES string of the molecule is CCCCCCC1=C(c2cc(CCCC)cc(CCCCC)c2)[N+](=[N-])C(c2cc(CCCC)cc(CCCCC)c2)=C1C.[CH2-]CCCCCCCCCCCCC.[CH2-]CCCCCCCCCCCCC.[Ni+2]. The van der Waals surface area contributed by atoms with Crippen LogP contribution >= 0.6 is 0 Å². The number of nitrogens with zero attached hydrogens (tertiary/aromatic N) is 2. The minimum Gasteiger partial charge on any atom is -0.493 e. The zero-order valence-corrected chi connectivity index (χ0v) is 50.5. The first-order valence-electron chi connectivity index (χ1n) is 31.6. The van der Waals surface area contributed by atoms with Gasteiger partial charge in [-0.3, -0.25) is 0 Å². The van der Waals surface area contributed by atoms with Crippen molar-refractivity contribution in [2.45, 2.75) is 331 Å². The molecule has 0 aromatic heterocycles. The maximum Gasteiger partial charge on any atom is 2.00 e. The van der Waals surface area contributed by atoms with E-state index in [1.165, 1.54) is 276 Å². The van der Waals surface area contributed by atoms with E-state index in [1.807, 2.05) is 0 Å². The van der Waals surface area contributed by atoms with Crippen molar-refractivity contribution in [2.75, 3.05) is 0 Å². The molecule has 0 unspecified atom stereocenters. The zero-order chi connectivity index (χ0) is 52.0. The number of hydrogen-bond acceptors (Lipinski definition) is 0. The molecule has 72 heavy (non-hydrogen) atoms. The van der Waals surface area contributed by atoms with Gasteiger partial charge in [0.05, 0.1) is 0 Å². The molecule has 2 aromatic carbocycles. The van der Waals surface area contributed by atoms with E-state index in [0.717, 1.165) is 56.3 Å². The molecule has 0 spiro atoms. The van der Waals surface area contributed by atoms with E-state index in [-0.39, 0.29) is 16.5 Å². The maximum absolute atomic E-state index is 12.2. The summed E-state index contributed by atoms with van der Waals surface area (Å²) in [5.74, 6) is 0. The van der Waals surface area contributed by atoms with Gasteiger partial charge in [-0.25, -0.2) is 4.70 Å². The van der Waals surface area contributed by atoms with Crippen LogP contribution in [0.5, 0.6) is 0 Å². The molecule has 0 saturated carbocycles. The van der Waals surface area contributed by atoms with Gasteiger partial charge in [0.1, 0.15) is 0 Å². The standard InChI is InChI=1S/C41H62N2.2C14H29.Ni/c1-7-12-17-20-25-39-32(6)40(37-28-33(21-15-10-4)26-35(29-37)23-18-13-8-2)43(42)41(39)38-30-34(22-16-11-5)27-36(31-38)24-19-14-9-3;2*1-3-5-7-9-11-13-14-12-10-8-6-4-2;/h26-31H,7-25H2,1-6H3;2*1,3-14H2,2H3;/q;2*-1;+2. The molecule has 2 nitrogen and oxygen atoms in total. The van der Waals surface area contributed by atoms with Crippen molar-refractivity contribution in [1.29, 1.82) is 0 Å². The van der Waals surface area contributed by atoms with Crippen LogP contribution in [0.15, 0.2) is 47.5 Å². The third-order valence-electron chi connectivity index (χ3n) is 14.9. The van der Waals surface area contributed by atoms with Crippen molar-refractivity contribution in [1.82, 2.24) is 0 Å². The fourth-order valence-electron chi connectivity index (χ4n) is 10.4. The van der Waals surface area contributed by atoms with Crippen LogP contribution in [0.4, 0.5) is 0 Å². The van der Waals surface area contributed by atoms with Crippen molar-refractivity contribution in [3.8, 4) is 0 Å². The van der Waals surface area contributed by atoms with Crippen molar-refractivity contribution in [3.63, 3.8) is 0 Å². The fraction of sp³-hybridized carbons (Fsp3) is 0.739. The number of aryl methyl sites for hydroxylation is 4. The van der Waals surface area contributed by atoms with Crippen LogP contribution in [0.3, 0.4) is 0 Å². The van der Waals surface area contributed by atoms with Gasteiger partial charge in [0.25, 0.3) is 0 Å². The third-order valence-corrected chi connectivity index (χ3v) is 14.9. The number of benzene rings is 2. The predicted octanol–water partition coefficient (Wildman–Crippen LogP) is 24.0. The van der Waals surface area contributed by atoms with Crippen LogP contribution in [0.2, 0.25) is 0 Å². The first-order chi connectivity index (χ1) is 34.8. The van der Waals surface area contributed by atoms with Crippen LogP contribution in [-0.2, 0) is 42.2 Å². The summed E-state index contributed by atoms with van der Waals surface area (Å²) < 4.78 is 1.59. The Labute approximate surface area is 461 Å². The summed E-state index contributed by atoms with van der Waals surface area (Å²) in [7, 11) is 0. The van der Waals surface area contributed by atoms with Crippen molar-refractivity contribution in [2.24, 2.45) is 0 Å². The van der Waals surface area contributed by atoms with E-state index in [2.05, 4.69) is 106 Å². The quantitative estimate of drug-likeness (QED) is 0.0274. The third kappa shape index (κ3) is 33.1. The second-order valence-corrected chi connectivity index (χ2v) is 21.9. The summed E-state index contributed by atoms with van der Waals surface area (Å²) in [6.45, 7) is 25.9. The van der Waals surface area contributed by atoms with E-state index in [9.17, 15) is 5.53 Å². The molecular weight excluding hydrogens is 915 g/mol. The average Bonchev–Trinajstić information content (AvgIpc) is 3.63. The molecule has 3 heteroatoms. The first-order valence-corrected chi connectivity index (χ1v) is 31.6. The molecule has 1 aliphatic rings. The summed E-state index contributed by atoms with van der Waals surface area (Å²) in [6.07, 6.45) is 56.4. The molecule has 0 radical (unpaired) electrons. The molecule has 416 valence electrons. The Balaban J connectivity index is 0.00000142. The molecule has 1 heterocycles. The minimum atomic E-state index is 0. The number of hydrogen-bond donors (Lipinski definition) is 0. The van der Waals surface area contributed by atoms with E-state index in [0.29, 0.717) is 0 Å². The summed E-state index contributed by atoms with van der Waals surface area (Å²) >= 11 is 0. The second kappa shape index (κ2) is 49.9. The van der Waals surface area contributed by atoms with Crippen LogP contribution in [0.25, 0.3) is 16.9 Å². The van der Waals surface area contributed by atoms with E-state index in [1.54, 1.807) is 4.70 Å².